The molecule has 0 aromatic heterocycles. The van der Waals surface area contributed by atoms with Crippen LogP contribution in [-0.2, 0) is 11.3 Å². The van der Waals surface area contributed by atoms with E-state index < -0.39 is 0 Å². The van der Waals surface area contributed by atoms with Crippen LogP contribution in [0.1, 0.15) is 29.3 Å². The summed E-state index contributed by atoms with van der Waals surface area (Å²) in [6.45, 7) is 2.94. The van der Waals surface area contributed by atoms with Crippen molar-refractivity contribution in [1.82, 2.24) is 0 Å². The average Bonchev–Trinajstić information content (AvgIpc) is 2.52. The molecule has 2 aromatic rings. The Morgan fingerprint density at radius 3 is 2.67 bits per heavy atom. The first kappa shape index (κ1) is 15.0. The van der Waals surface area contributed by atoms with Gasteiger partial charge in [-0.2, -0.15) is 0 Å². The van der Waals surface area contributed by atoms with Crippen molar-refractivity contribution in [3.8, 4) is 0 Å². The van der Waals surface area contributed by atoms with E-state index in [-0.39, 0.29) is 11.8 Å². The van der Waals surface area contributed by atoms with Crippen molar-refractivity contribution in [2.45, 2.75) is 19.9 Å². The Balaban J connectivity index is 1.97. The summed E-state index contributed by atoms with van der Waals surface area (Å²) in [6, 6.07) is 13.5. The third kappa shape index (κ3) is 4.60. The van der Waals surface area contributed by atoms with Crippen LogP contribution in [0.4, 0.5) is 10.1 Å². The van der Waals surface area contributed by atoms with Gasteiger partial charge in [0.2, 0.25) is 0 Å². The highest BCUT2D eigenvalue weighted by atomic mass is 19.1. The second-order valence-electron chi connectivity index (χ2n) is 4.70. The predicted molar refractivity (Wildman–Crippen MR) is 80.7 cm³/mol. The number of halogens is 1. The Labute approximate surface area is 123 Å². The molecule has 0 unspecified atom stereocenters. The Morgan fingerprint density at radius 2 is 1.95 bits per heavy atom. The number of esters is 1. The van der Waals surface area contributed by atoms with E-state index >= 15 is 0 Å². The minimum Gasteiger partial charge on any atom is -0.462 e. The molecule has 0 saturated heterocycles. The molecule has 2 aromatic carbocycles. The molecule has 0 atom stereocenters. The maximum Gasteiger partial charge on any atom is 0.338 e. The second-order valence-corrected chi connectivity index (χ2v) is 4.70. The number of anilines is 1. The van der Waals surface area contributed by atoms with Crippen molar-refractivity contribution >= 4 is 11.7 Å². The Bertz CT molecular complexity index is 596. The number of ether oxygens (including phenoxy) is 1. The van der Waals surface area contributed by atoms with Crippen molar-refractivity contribution in [3.63, 3.8) is 0 Å². The Hall–Kier alpha value is -2.36. The van der Waals surface area contributed by atoms with E-state index in [1.54, 1.807) is 30.3 Å². The van der Waals surface area contributed by atoms with Gasteiger partial charge in [0, 0.05) is 12.2 Å². The lowest BCUT2D eigenvalue weighted by atomic mass is 10.2. The van der Waals surface area contributed by atoms with Gasteiger partial charge in [-0.25, -0.2) is 9.18 Å². The first-order valence-electron chi connectivity index (χ1n) is 6.94. The van der Waals surface area contributed by atoms with Gasteiger partial charge in [0.05, 0.1) is 12.2 Å². The zero-order valence-electron chi connectivity index (χ0n) is 11.9. The fourth-order valence-electron chi connectivity index (χ4n) is 1.84. The molecular formula is C17H18FNO2. The van der Waals surface area contributed by atoms with Crippen LogP contribution in [0, 0.1) is 5.82 Å². The zero-order chi connectivity index (χ0) is 15.1. The molecular weight excluding hydrogens is 269 g/mol. The molecule has 0 aliphatic carbocycles. The lowest BCUT2D eigenvalue weighted by Gasteiger charge is -2.08. The number of hydrogen-bond donors (Lipinski definition) is 1. The van der Waals surface area contributed by atoms with Crippen LogP contribution in [0.2, 0.25) is 0 Å². The Kier molecular flexibility index (Phi) is 5.32. The van der Waals surface area contributed by atoms with E-state index in [1.807, 2.05) is 13.0 Å². The van der Waals surface area contributed by atoms with Crippen LogP contribution in [-0.4, -0.2) is 12.6 Å². The van der Waals surface area contributed by atoms with Gasteiger partial charge < -0.3 is 10.1 Å². The molecule has 2 rings (SSSR count). The number of carbonyl (C=O) groups excluding carboxylic acids is 1. The summed E-state index contributed by atoms with van der Waals surface area (Å²) >= 11 is 0. The molecule has 0 saturated carbocycles. The quantitative estimate of drug-likeness (QED) is 0.816. The number of benzene rings is 2. The van der Waals surface area contributed by atoms with Crippen LogP contribution in [0.25, 0.3) is 0 Å². The predicted octanol–water partition coefficient (Wildman–Crippen LogP) is 4.00. The SMILES string of the molecule is CCCOC(=O)c1cccc(NCc2ccc(F)cc2)c1. The minimum absolute atomic E-state index is 0.251. The van der Waals surface area contributed by atoms with Crippen LogP contribution in [0.5, 0.6) is 0 Å². The maximum atomic E-state index is 12.8. The largest absolute Gasteiger partial charge is 0.462 e. The van der Waals surface area contributed by atoms with Gasteiger partial charge in [0.1, 0.15) is 5.82 Å². The highest BCUT2D eigenvalue weighted by Crippen LogP contribution is 2.13. The van der Waals surface area contributed by atoms with Gasteiger partial charge in [0.15, 0.2) is 0 Å². The molecule has 0 aliphatic rings. The van der Waals surface area contributed by atoms with E-state index in [4.69, 9.17) is 4.74 Å². The molecule has 0 fully saturated rings. The van der Waals surface area contributed by atoms with E-state index in [1.165, 1.54) is 12.1 Å². The van der Waals surface area contributed by atoms with Crippen molar-refractivity contribution in [2.75, 3.05) is 11.9 Å². The first-order chi connectivity index (χ1) is 10.2. The third-order valence-electron chi connectivity index (χ3n) is 2.95. The normalized spacial score (nSPS) is 10.2. The smallest absolute Gasteiger partial charge is 0.338 e. The lowest BCUT2D eigenvalue weighted by molar-refractivity contribution is 0.0505. The van der Waals surface area contributed by atoms with Gasteiger partial charge in [-0.15, -0.1) is 0 Å². The summed E-state index contributed by atoms with van der Waals surface area (Å²) in [5, 5.41) is 3.20. The molecule has 21 heavy (non-hydrogen) atoms. The highest BCUT2D eigenvalue weighted by Gasteiger charge is 2.07. The highest BCUT2D eigenvalue weighted by molar-refractivity contribution is 5.90. The van der Waals surface area contributed by atoms with Gasteiger partial charge in [-0.05, 0) is 42.3 Å². The molecule has 0 bridgehead atoms. The zero-order valence-corrected chi connectivity index (χ0v) is 11.9. The lowest BCUT2D eigenvalue weighted by Crippen LogP contribution is -2.07. The monoisotopic (exact) mass is 287 g/mol. The van der Waals surface area contributed by atoms with Gasteiger partial charge in [0.25, 0.3) is 0 Å². The van der Waals surface area contributed by atoms with Crippen molar-refractivity contribution < 1.29 is 13.9 Å². The first-order valence-corrected chi connectivity index (χ1v) is 6.94. The molecule has 3 nitrogen and oxygen atoms in total. The fourth-order valence-corrected chi connectivity index (χ4v) is 1.84. The summed E-state index contributed by atoms with van der Waals surface area (Å²) in [5.41, 5.74) is 2.31. The van der Waals surface area contributed by atoms with E-state index in [0.29, 0.717) is 18.7 Å². The maximum absolute atomic E-state index is 12.8. The summed E-state index contributed by atoms with van der Waals surface area (Å²) in [4.78, 5) is 11.8. The molecule has 0 radical (unpaired) electrons. The number of carbonyl (C=O) groups is 1. The van der Waals surface area contributed by atoms with Crippen molar-refractivity contribution in [1.29, 1.82) is 0 Å². The molecule has 0 heterocycles. The molecule has 110 valence electrons. The Morgan fingerprint density at radius 1 is 1.19 bits per heavy atom. The molecule has 0 amide bonds. The van der Waals surface area contributed by atoms with Crippen molar-refractivity contribution in [3.05, 3.63) is 65.5 Å². The van der Waals surface area contributed by atoms with Crippen LogP contribution < -0.4 is 5.32 Å². The number of rotatable bonds is 6. The molecule has 0 aliphatic heterocycles. The average molecular weight is 287 g/mol. The number of nitrogens with one attached hydrogen (secondary N) is 1. The van der Waals surface area contributed by atoms with Gasteiger partial charge in [-0.1, -0.05) is 25.1 Å². The summed E-state index contributed by atoms with van der Waals surface area (Å²) in [5.74, 6) is -0.568. The van der Waals surface area contributed by atoms with Crippen molar-refractivity contribution in [2.24, 2.45) is 0 Å². The number of hydrogen-bond acceptors (Lipinski definition) is 3. The standard InChI is InChI=1S/C17H18FNO2/c1-2-10-21-17(20)14-4-3-5-16(11-14)19-12-13-6-8-15(18)9-7-13/h3-9,11,19H,2,10,12H2,1H3. The molecule has 1 N–H and O–H groups in total. The van der Waals surface area contributed by atoms with E-state index in [9.17, 15) is 9.18 Å². The van der Waals surface area contributed by atoms with Crippen LogP contribution in [0.15, 0.2) is 48.5 Å². The molecule has 4 heteroatoms. The van der Waals surface area contributed by atoms with Crippen LogP contribution in [0.3, 0.4) is 0 Å². The summed E-state index contributed by atoms with van der Waals surface area (Å²) < 4.78 is 17.9. The summed E-state index contributed by atoms with van der Waals surface area (Å²) in [7, 11) is 0. The van der Waals surface area contributed by atoms with E-state index in [2.05, 4.69) is 5.32 Å². The topological polar surface area (TPSA) is 38.3 Å². The minimum atomic E-state index is -0.317. The summed E-state index contributed by atoms with van der Waals surface area (Å²) in [6.07, 6.45) is 0.800. The van der Waals surface area contributed by atoms with E-state index in [0.717, 1.165) is 17.7 Å². The second kappa shape index (κ2) is 7.43. The fraction of sp³-hybridized carbons (Fsp3) is 0.235. The van der Waals surface area contributed by atoms with Gasteiger partial charge in [-0.3, -0.25) is 0 Å². The third-order valence-corrected chi connectivity index (χ3v) is 2.95. The van der Waals surface area contributed by atoms with Crippen LogP contribution >= 0.6 is 0 Å². The molecule has 0 spiro atoms. The van der Waals surface area contributed by atoms with Gasteiger partial charge >= 0.3 is 5.97 Å².